The molecule has 0 fully saturated rings. The van der Waals surface area contributed by atoms with Gasteiger partial charge >= 0.3 is 0 Å². The molecule has 28 heavy (non-hydrogen) atoms. The quantitative estimate of drug-likeness (QED) is 0.338. The maximum Gasteiger partial charge on any atom is 0.240 e. The molecular formula is C20H28N4O3S. The lowest BCUT2D eigenvalue weighted by Gasteiger charge is -2.12. The Balaban J connectivity index is 1.86. The third kappa shape index (κ3) is 6.86. The van der Waals surface area contributed by atoms with Crippen LogP contribution in [0.4, 0.5) is 0 Å². The van der Waals surface area contributed by atoms with Gasteiger partial charge in [-0.15, -0.1) is 0 Å². The molecule has 0 heterocycles. The summed E-state index contributed by atoms with van der Waals surface area (Å²) in [7, 11) is -2.03. The molecule has 3 N–H and O–H groups in total. The molecule has 0 amide bonds. The number of ether oxygens (including phenoxy) is 1. The van der Waals surface area contributed by atoms with Gasteiger partial charge in [0.1, 0.15) is 12.4 Å². The van der Waals surface area contributed by atoms with Gasteiger partial charge in [-0.25, -0.2) is 18.1 Å². The monoisotopic (exact) mass is 404 g/mol. The van der Waals surface area contributed by atoms with Crippen LogP contribution in [0.2, 0.25) is 0 Å². The van der Waals surface area contributed by atoms with Crippen LogP contribution in [0.5, 0.6) is 5.75 Å². The van der Waals surface area contributed by atoms with E-state index in [1.54, 1.807) is 24.3 Å². The Morgan fingerprint density at radius 3 is 2.32 bits per heavy atom. The lowest BCUT2D eigenvalue weighted by molar-refractivity contribution is 0.322. The van der Waals surface area contributed by atoms with Gasteiger partial charge in [0.05, 0.1) is 18.0 Å². The number of aliphatic imine (C=N–C) groups is 1. The molecule has 0 saturated heterocycles. The van der Waals surface area contributed by atoms with Crippen LogP contribution in [0, 0.1) is 6.92 Å². The third-order valence-electron chi connectivity index (χ3n) is 3.95. The van der Waals surface area contributed by atoms with Crippen LogP contribution < -0.4 is 20.1 Å². The summed E-state index contributed by atoms with van der Waals surface area (Å²) in [6.07, 6.45) is 0. The first-order valence-corrected chi connectivity index (χ1v) is 10.7. The van der Waals surface area contributed by atoms with Crippen molar-refractivity contribution in [3.8, 4) is 5.75 Å². The predicted molar refractivity (Wildman–Crippen MR) is 112 cm³/mol. The van der Waals surface area contributed by atoms with Crippen molar-refractivity contribution >= 4 is 16.0 Å². The maximum atomic E-state index is 11.8. The Labute approximate surface area is 167 Å². The van der Waals surface area contributed by atoms with Crippen molar-refractivity contribution in [2.75, 3.05) is 26.7 Å². The van der Waals surface area contributed by atoms with Gasteiger partial charge in [-0.05, 0) is 50.7 Å². The zero-order chi connectivity index (χ0) is 20.4. The molecule has 0 saturated carbocycles. The summed E-state index contributed by atoms with van der Waals surface area (Å²) in [4.78, 5) is 4.76. The van der Waals surface area contributed by atoms with E-state index in [2.05, 4.69) is 20.3 Å². The fourth-order valence-corrected chi connectivity index (χ4v) is 3.11. The molecule has 0 bridgehead atoms. The smallest absolute Gasteiger partial charge is 0.240 e. The third-order valence-corrected chi connectivity index (χ3v) is 5.38. The van der Waals surface area contributed by atoms with Crippen molar-refractivity contribution in [2.24, 2.45) is 4.99 Å². The second-order valence-corrected chi connectivity index (χ2v) is 8.02. The first kappa shape index (κ1) is 21.7. The minimum absolute atomic E-state index is 0.237. The van der Waals surface area contributed by atoms with Crippen LogP contribution in [-0.4, -0.2) is 41.1 Å². The van der Waals surface area contributed by atoms with E-state index in [-0.39, 0.29) is 4.90 Å². The summed E-state index contributed by atoms with van der Waals surface area (Å²) in [5.74, 6) is 1.52. The van der Waals surface area contributed by atoms with E-state index in [1.165, 1.54) is 12.6 Å². The van der Waals surface area contributed by atoms with Gasteiger partial charge in [-0.1, -0.05) is 29.8 Å². The van der Waals surface area contributed by atoms with E-state index in [9.17, 15) is 8.42 Å². The topological polar surface area (TPSA) is 91.8 Å². The summed E-state index contributed by atoms with van der Waals surface area (Å²) in [5.41, 5.74) is 2.12. The number of rotatable bonds is 9. The first-order valence-electron chi connectivity index (χ1n) is 9.18. The van der Waals surface area contributed by atoms with Gasteiger partial charge in [-0.3, -0.25) is 0 Å². The lowest BCUT2D eigenvalue weighted by Crippen LogP contribution is -2.39. The van der Waals surface area contributed by atoms with Crippen molar-refractivity contribution < 1.29 is 13.2 Å². The summed E-state index contributed by atoms with van der Waals surface area (Å²) < 4.78 is 31.5. The number of aryl methyl sites for hydroxylation is 1. The molecule has 0 spiro atoms. The first-order chi connectivity index (χ1) is 13.4. The SMILES string of the molecule is CCNC(=NCc1ccc(S(=O)(=O)NC)cc1)NCCOc1ccc(C)cc1. The van der Waals surface area contributed by atoms with Crippen LogP contribution >= 0.6 is 0 Å². The zero-order valence-electron chi connectivity index (χ0n) is 16.5. The molecule has 7 nitrogen and oxygen atoms in total. The highest BCUT2D eigenvalue weighted by molar-refractivity contribution is 7.89. The summed E-state index contributed by atoms with van der Waals surface area (Å²) in [5, 5.41) is 6.41. The fourth-order valence-electron chi connectivity index (χ4n) is 2.38. The summed E-state index contributed by atoms with van der Waals surface area (Å²) in [6.45, 7) is 6.34. The van der Waals surface area contributed by atoms with Crippen molar-refractivity contribution in [2.45, 2.75) is 25.3 Å². The zero-order valence-corrected chi connectivity index (χ0v) is 17.3. The molecular weight excluding hydrogens is 376 g/mol. The number of hydrogen-bond donors (Lipinski definition) is 3. The molecule has 0 aliphatic carbocycles. The highest BCUT2D eigenvalue weighted by Gasteiger charge is 2.10. The Morgan fingerprint density at radius 2 is 1.71 bits per heavy atom. The Morgan fingerprint density at radius 1 is 1.04 bits per heavy atom. The Kier molecular flexibility index (Phi) is 8.28. The van der Waals surface area contributed by atoms with Gasteiger partial charge in [-0.2, -0.15) is 0 Å². The Hall–Kier alpha value is -2.58. The number of nitrogens with one attached hydrogen (secondary N) is 3. The minimum Gasteiger partial charge on any atom is -0.492 e. The van der Waals surface area contributed by atoms with Crippen molar-refractivity contribution in [1.82, 2.24) is 15.4 Å². The number of benzene rings is 2. The van der Waals surface area contributed by atoms with Crippen LogP contribution in [0.25, 0.3) is 0 Å². The average molecular weight is 405 g/mol. The molecule has 2 aromatic rings. The average Bonchev–Trinajstić information content (AvgIpc) is 2.71. The van der Waals surface area contributed by atoms with Crippen LogP contribution in [-0.2, 0) is 16.6 Å². The van der Waals surface area contributed by atoms with Crippen molar-refractivity contribution in [3.63, 3.8) is 0 Å². The fraction of sp³-hybridized carbons (Fsp3) is 0.350. The van der Waals surface area contributed by atoms with Crippen molar-refractivity contribution in [3.05, 3.63) is 59.7 Å². The number of nitrogens with zero attached hydrogens (tertiary/aromatic N) is 1. The lowest BCUT2D eigenvalue weighted by atomic mass is 10.2. The number of hydrogen-bond acceptors (Lipinski definition) is 4. The normalized spacial score (nSPS) is 11.9. The second-order valence-electron chi connectivity index (χ2n) is 6.13. The van der Waals surface area contributed by atoms with Crippen LogP contribution in [0.15, 0.2) is 58.4 Å². The van der Waals surface area contributed by atoms with E-state index < -0.39 is 10.0 Å². The standard InChI is InChI=1S/C20H28N4O3S/c1-4-22-20(23-13-14-27-18-9-5-16(2)6-10-18)24-15-17-7-11-19(12-8-17)28(25,26)21-3/h5-12,21H,4,13-15H2,1-3H3,(H2,22,23,24). The largest absolute Gasteiger partial charge is 0.492 e. The van der Waals surface area contributed by atoms with Gasteiger partial charge in [0.25, 0.3) is 0 Å². The minimum atomic E-state index is -3.42. The molecule has 0 aliphatic heterocycles. The maximum absolute atomic E-state index is 11.8. The second kappa shape index (κ2) is 10.7. The summed E-state index contributed by atoms with van der Waals surface area (Å²) >= 11 is 0. The molecule has 2 rings (SSSR count). The summed E-state index contributed by atoms with van der Waals surface area (Å²) in [6, 6.07) is 14.6. The molecule has 152 valence electrons. The molecule has 0 atom stereocenters. The van der Waals surface area contributed by atoms with Gasteiger partial charge in [0, 0.05) is 6.54 Å². The van der Waals surface area contributed by atoms with E-state index in [0.29, 0.717) is 25.7 Å². The molecule has 0 aromatic heterocycles. The Bertz CT molecular complexity index is 863. The van der Waals surface area contributed by atoms with Crippen LogP contribution in [0.1, 0.15) is 18.1 Å². The number of sulfonamides is 1. The molecule has 0 radical (unpaired) electrons. The predicted octanol–water partition coefficient (Wildman–Crippen LogP) is 2.04. The van der Waals surface area contributed by atoms with E-state index in [0.717, 1.165) is 17.9 Å². The van der Waals surface area contributed by atoms with Crippen molar-refractivity contribution in [1.29, 1.82) is 0 Å². The molecule has 0 aliphatic rings. The van der Waals surface area contributed by atoms with Gasteiger partial charge in [0.15, 0.2) is 5.96 Å². The molecule has 2 aromatic carbocycles. The number of guanidine groups is 1. The van der Waals surface area contributed by atoms with Crippen LogP contribution in [0.3, 0.4) is 0 Å². The highest BCUT2D eigenvalue weighted by atomic mass is 32.2. The van der Waals surface area contributed by atoms with Gasteiger partial charge < -0.3 is 15.4 Å². The molecule has 0 unspecified atom stereocenters. The molecule has 8 heteroatoms. The van der Waals surface area contributed by atoms with Gasteiger partial charge in [0.2, 0.25) is 10.0 Å². The van der Waals surface area contributed by atoms with E-state index >= 15 is 0 Å². The van der Waals surface area contributed by atoms with E-state index in [1.807, 2.05) is 38.1 Å². The van der Waals surface area contributed by atoms with E-state index in [4.69, 9.17) is 4.74 Å². The highest BCUT2D eigenvalue weighted by Crippen LogP contribution is 2.11.